The summed E-state index contributed by atoms with van der Waals surface area (Å²) in [5.74, 6) is 1.77. The number of halogens is 1. The number of thiophene rings is 1. The first-order valence-electron chi connectivity index (χ1n) is 10.3. The number of benzene rings is 2. The fraction of sp³-hybridized carbons (Fsp3) is 0.250. The van der Waals surface area contributed by atoms with Gasteiger partial charge >= 0.3 is 0 Å². The number of hydrogen-bond acceptors (Lipinski definition) is 6. The number of aromatic nitrogens is 2. The van der Waals surface area contributed by atoms with Crippen molar-refractivity contribution in [3.63, 3.8) is 0 Å². The molecule has 1 saturated heterocycles. The molecule has 0 radical (unpaired) electrons. The van der Waals surface area contributed by atoms with E-state index in [-0.39, 0.29) is 0 Å². The lowest BCUT2D eigenvalue weighted by Crippen LogP contribution is -2.47. The van der Waals surface area contributed by atoms with Crippen molar-refractivity contribution in [2.75, 3.05) is 43.1 Å². The minimum absolute atomic E-state index is 0.301. The molecule has 1 aliphatic heterocycles. The van der Waals surface area contributed by atoms with Crippen LogP contribution in [0.3, 0.4) is 0 Å². The summed E-state index contributed by atoms with van der Waals surface area (Å²) >= 11 is 8.02. The van der Waals surface area contributed by atoms with Crippen LogP contribution in [0.15, 0.2) is 54.6 Å². The van der Waals surface area contributed by atoms with Crippen LogP contribution in [0.2, 0.25) is 5.28 Å². The summed E-state index contributed by atoms with van der Waals surface area (Å²) < 4.78 is 5.33. The van der Waals surface area contributed by atoms with Gasteiger partial charge in [0.1, 0.15) is 16.4 Å². The molecular weight excluding hydrogens is 428 g/mol. The fourth-order valence-corrected chi connectivity index (χ4v) is 5.47. The van der Waals surface area contributed by atoms with Crippen LogP contribution in [0.25, 0.3) is 21.3 Å². The van der Waals surface area contributed by atoms with E-state index in [9.17, 15) is 0 Å². The number of fused-ring (bicyclic) bond motifs is 1. The van der Waals surface area contributed by atoms with Crippen molar-refractivity contribution in [1.82, 2.24) is 9.97 Å². The van der Waals surface area contributed by atoms with Gasteiger partial charge in [-0.05, 0) is 48.4 Å². The van der Waals surface area contributed by atoms with Gasteiger partial charge in [-0.1, -0.05) is 30.3 Å². The Morgan fingerprint density at radius 1 is 0.903 bits per heavy atom. The standard InChI is InChI=1S/C24H23ClN4OS/c1-16-20(17-8-10-19(30-2)11-9-17)21-22(26-24(25)27-23(21)31-16)29-14-12-28(13-15-29)18-6-4-3-5-7-18/h3-11H,12-15H2,1-2H3. The average molecular weight is 451 g/mol. The second kappa shape index (κ2) is 8.36. The molecule has 2 aromatic heterocycles. The van der Waals surface area contributed by atoms with Gasteiger partial charge in [-0.2, -0.15) is 4.98 Å². The van der Waals surface area contributed by atoms with Gasteiger partial charge in [-0.25, -0.2) is 4.98 Å². The lowest BCUT2D eigenvalue weighted by atomic mass is 10.0. The fourth-order valence-electron chi connectivity index (χ4n) is 4.22. The second-order valence-corrected chi connectivity index (χ2v) is 9.11. The number of ether oxygens (including phenoxy) is 1. The van der Waals surface area contributed by atoms with E-state index in [1.165, 1.54) is 16.1 Å². The highest BCUT2D eigenvalue weighted by molar-refractivity contribution is 7.19. The molecule has 2 aromatic carbocycles. The van der Waals surface area contributed by atoms with Crippen molar-refractivity contribution in [1.29, 1.82) is 0 Å². The highest BCUT2D eigenvalue weighted by atomic mass is 35.5. The molecule has 3 heterocycles. The zero-order valence-electron chi connectivity index (χ0n) is 17.5. The SMILES string of the molecule is COc1ccc(-c2c(C)sc3nc(Cl)nc(N4CCN(c5ccccc5)CC4)c23)cc1. The summed E-state index contributed by atoms with van der Waals surface area (Å²) in [7, 11) is 1.68. The molecule has 5 nitrogen and oxygen atoms in total. The van der Waals surface area contributed by atoms with Crippen LogP contribution in [0, 0.1) is 6.92 Å². The topological polar surface area (TPSA) is 41.5 Å². The van der Waals surface area contributed by atoms with Crippen molar-refractivity contribution in [3.05, 3.63) is 64.8 Å². The Kier molecular flexibility index (Phi) is 5.42. The molecule has 1 fully saturated rings. The van der Waals surface area contributed by atoms with Gasteiger partial charge in [0, 0.05) is 42.3 Å². The third-order valence-electron chi connectivity index (χ3n) is 5.76. The molecule has 4 aromatic rings. The van der Waals surface area contributed by atoms with E-state index in [1.807, 2.05) is 12.1 Å². The first-order valence-corrected chi connectivity index (χ1v) is 11.5. The number of methoxy groups -OCH3 is 1. The number of aryl methyl sites for hydroxylation is 1. The van der Waals surface area contributed by atoms with E-state index in [1.54, 1.807) is 18.4 Å². The minimum Gasteiger partial charge on any atom is -0.497 e. The molecular formula is C24H23ClN4OS. The number of hydrogen-bond donors (Lipinski definition) is 0. The zero-order chi connectivity index (χ0) is 21.4. The monoisotopic (exact) mass is 450 g/mol. The van der Waals surface area contributed by atoms with E-state index in [0.717, 1.165) is 53.5 Å². The van der Waals surface area contributed by atoms with E-state index in [2.05, 4.69) is 64.2 Å². The molecule has 0 N–H and O–H groups in total. The number of nitrogens with zero attached hydrogens (tertiary/aromatic N) is 4. The molecule has 5 rings (SSSR count). The maximum absolute atomic E-state index is 6.35. The highest BCUT2D eigenvalue weighted by Crippen LogP contribution is 2.42. The summed E-state index contributed by atoms with van der Waals surface area (Å²) in [6.45, 7) is 5.78. The lowest BCUT2D eigenvalue weighted by Gasteiger charge is -2.37. The molecule has 0 atom stereocenters. The Morgan fingerprint density at radius 2 is 1.58 bits per heavy atom. The van der Waals surface area contributed by atoms with Crippen molar-refractivity contribution in [3.8, 4) is 16.9 Å². The molecule has 0 aliphatic carbocycles. The number of para-hydroxylation sites is 1. The van der Waals surface area contributed by atoms with E-state index in [0.29, 0.717) is 5.28 Å². The maximum atomic E-state index is 6.35. The summed E-state index contributed by atoms with van der Waals surface area (Å²) in [6, 6.07) is 18.7. The highest BCUT2D eigenvalue weighted by Gasteiger charge is 2.25. The molecule has 0 amide bonds. The third kappa shape index (κ3) is 3.82. The Hall–Kier alpha value is -2.83. The van der Waals surface area contributed by atoms with Crippen LogP contribution in [0.5, 0.6) is 5.75 Å². The van der Waals surface area contributed by atoms with Gasteiger partial charge in [-0.3, -0.25) is 0 Å². The van der Waals surface area contributed by atoms with Crippen molar-refractivity contribution >= 4 is 44.7 Å². The molecule has 0 saturated carbocycles. The smallest absolute Gasteiger partial charge is 0.225 e. The predicted molar refractivity (Wildman–Crippen MR) is 130 cm³/mol. The Labute approximate surface area is 190 Å². The van der Waals surface area contributed by atoms with Gasteiger partial charge in [0.05, 0.1) is 12.5 Å². The first kappa shape index (κ1) is 20.1. The van der Waals surface area contributed by atoms with Crippen LogP contribution in [0.1, 0.15) is 4.88 Å². The molecule has 0 unspecified atom stereocenters. The van der Waals surface area contributed by atoms with Crippen LogP contribution in [-0.2, 0) is 0 Å². The largest absolute Gasteiger partial charge is 0.497 e. The van der Waals surface area contributed by atoms with Crippen LogP contribution in [0.4, 0.5) is 11.5 Å². The number of anilines is 2. The quantitative estimate of drug-likeness (QED) is 0.375. The molecule has 0 spiro atoms. The minimum atomic E-state index is 0.301. The van der Waals surface area contributed by atoms with Gasteiger partial charge in [0.25, 0.3) is 0 Å². The van der Waals surface area contributed by atoms with E-state index < -0.39 is 0 Å². The Balaban J connectivity index is 1.53. The molecule has 0 bridgehead atoms. The van der Waals surface area contributed by atoms with Gasteiger partial charge in [0.2, 0.25) is 5.28 Å². The lowest BCUT2D eigenvalue weighted by molar-refractivity contribution is 0.415. The van der Waals surface area contributed by atoms with E-state index in [4.69, 9.17) is 21.3 Å². The number of rotatable bonds is 4. The van der Waals surface area contributed by atoms with Crippen LogP contribution < -0.4 is 14.5 Å². The molecule has 1 aliphatic rings. The summed E-state index contributed by atoms with van der Waals surface area (Å²) in [5.41, 5.74) is 3.58. The molecule has 7 heteroatoms. The van der Waals surface area contributed by atoms with Crippen LogP contribution >= 0.6 is 22.9 Å². The third-order valence-corrected chi connectivity index (χ3v) is 6.93. The predicted octanol–water partition coefficient (Wildman–Crippen LogP) is 5.66. The normalized spacial score (nSPS) is 14.3. The molecule has 31 heavy (non-hydrogen) atoms. The Morgan fingerprint density at radius 3 is 2.26 bits per heavy atom. The van der Waals surface area contributed by atoms with Gasteiger partial charge < -0.3 is 14.5 Å². The van der Waals surface area contributed by atoms with Gasteiger partial charge in [0.15, 0.2) is 0 Å². The summed E-state index contributed by atoms with van der Waals surface area (Å²) in [5, 5.41) is 1.39. The summed E-state index contributed by atoms with van der Waals surface area (Å²) in [4.78, 5) is 16.1. The maximum Gasteiger partial charge on any atom is 0.225 e. The number of piperazine rings is 1. The molecule has 158 valence electrons. The van der Waals surface area contributed by atoms with Gasteiger partial charge in [-0.15, -0.1) is 11.3 Å². The Bertz CT molecular complexity index is 1200. The van der Waals surface area contributed by atoms with Crippen LogP contribution in [-0.4, -0.2) is 43.3 Å². The van der Waals surface area contributed by atoms with Crippen molar-refractivity contribution < 1.29 is 4.74 Å². The van der Waals surface area contributed by atoms with Crippen molar-refractivity contribution in [2.45, 2.75) is 6.92 Å². The zero-order valence-corrected chi connectivity index (χ0v) is 19.1. The van der Waals surface area contributed by atoms with E-state index >= 15 is 0 Å². The summed E-state index contributed by atoms with van der Waals surface area (Å²) in [6.07, 6.45) is 0. The average Bonchev–Trinajstić information content (AvgIpc) is 3.14. The second-order valence-electron chi connectivity index (χ2n) is 7.57. The first-order chi connectivity index (χ1) is 15.1. The van der Waals surface area contributed by atoms with Crippen molar-refractivity contribution in [2.24, 2.45) is 0 Å².